The van der Waals surface area contributed by atoms with Gasteiger partial charge in [-0.2, -0.15) is 0 Å². The first-order chi connectivity index (χ1) is 12.8. The number of carbonyl (C=O) groups excluding carboxylic acids is 1. The fraction of sp³-hybridized carbons (Fsp3) is 0.455. The fourth-order valence-corrected chi connectivity index (χ4v) is 4.75. The Balaban J connectivity index is 1.34. The van der Waals surface area contributed by atoms with Crippen molar-refractivity contribution in [3.05, 3.63) is 59.9 Å². The monoisotopic (exact) mass is 347 g/mol. The lowest BCUT2D eigenvalue weighted by molar-refractivity contribution is 0.0673. The highest BCUT2D eigenvalue weighted by Gasteiger charge is 2.45. The molecule has 5 rings (SSSR count). The highest BCUT2D eigenvalue weighted by molar-refractivity contribution is 5.94. The van der Waals surface area contributed by atoms with Gasteiger partial charge in [-0.25, -0.2) is 0 Å². The van der Waals surface area contributed by atoms with E-state index in [0.29, 0.717) is 5.56 Å². The molecule has 1 aliphatic carbocycles. The van der Waals surface area contributed by atoms with E-state index in [2.05, 4.69) is 34.1 Å². The van der Waals surface area contributed by atoms with Gasteiger partial charge >= 0.3 is 0 Å². The number of pyridine rings is 1. The zero-order valence-electron chi connectivity index (χ0n) is 15.1. The summed E-state index contributed by atoms with van der Waals surface area (Å²) in [6.07, 6.45) is 8.27. The zero-order chi connectivity index (χ0) is 17.6. The molecule has 3 aliphatic rings. The van der Waals surface area contributed by atoms with Gasteiger partial charge in [0, 0.05) is 49.7 Å². The summed E-state index contributed by atoms with van der Waals surface area (Å²) in [7, 11) is 0. The Morgan fingerprint density at radius 2 is 1.92 bits per heavy atom. The highest BCUT2D eigenvalue weighted by Crippen LogP contribution is 2.48. The number of hydrogen-bond donors (Lipinski definition) is 0. The lowest BCUT2D eigenvalue weighted by Gasteiger charge is -2.40. The lowest BCUT2D eigenvalue weighted by atomic mass is 9.74. The number of anilines is 1. The van der Waals surface area contributed by atoms with Crippen LogP contribution in [0.25, 0.3) is 0 Å². The van der Waals surface area contributed by atoms with Gasteiger partial charge in [0.2, 0.25) is 0 Å². The van der Waals surface area contributed by atoms with Crippen LogP contribution in [0.4, 0.5) is 5.69 Å². The van der Waals surface area contributed by atoms with Gasteiger partial charge in [-0.15, -0.1) is 0 Å². The third kappa shape index (κ3) is 2.68. The molecule has 1 saturated heterocycles. The van der Waals surface area contributed by atoms with E-state index in [1.807, 2.05) is 17.0 Å². The minimum atomic E-state index is 0.120. The van der Waals surface area contributed by atoms with Crippen molar-refractivity contribution in [3.63, 3.8) is 0 Å². The molecule has 1 aromatic heterocycles. The maximum atomic E-state index is 12.7. The van der Waals surface area contributed by atoms with Crippen molar-refractivity contribution in [1.29, 1.82) is 0 Å². The number of nitrogens with zero attached hydrogens (tertiary/aromatic N) is 3. The standard InChI is InChI=1S/C22H25N3O/c26-21(18-4-3-11-23-14-18)24-12-9-22(10-13-24)16-25(15-17-7-8-17)20-6-2-1-5-19(20)22/h1-6,11,14,17H,7-10,12-13,15-16H2. The number of carbonyl (C=O) groups is 1. The molecular formula is C22H25N3O. The first kappa shape index (κ1) is 15.9. The number of amides is 1. The number of hydrogen-bond acceptors (Lipinski definition) is 3. The van der Waals surface area contributed by atoms with E-state index in [1.165, 1.54) is 30.6 Å². The van der Waals surface area contributed by atoms with Crippen LogP contribution in [0.1, 0.15) is 41.6 Å². The number of benzene rings is 1. The topological polar surface area (TPSA) is 36.4 Å². The van der Waals surface area contributed by atoms with E-state index in [-0.39, 0.29) is 11.3 Å². The summed E-state index contributed by atoms with van der Waals surface area (Å²) in [6.45, 7) is 3.99. The second kappa shape index (κ2) is 6.11. The molecule has 1 aromatic carbocycles. The van der Waals surface area contributed by atoms with Crippen LogP contribution in [0.3, 0.4) is 0 Å². The summed E-state index contributed by atoms with van der Waals surface area (Å²) < 4.78 is 0. The van der Waals surface area contributed by atoms with Gasteiger partial charge in [0.15, 0.2) is 0 Å². The molecule has 0 atom stereocenters. The summed E-state index contributed by atoms with van der Waals surface area (Å²) >= 11 is 0. The minimum Gasteiger partial charge on any atom is -0.370 e. The van der Waals surface area contributed by atoms with Crippen molar-refractivity contribution in [2.75, 3.05) is 31.1 Å². The Morgan fingerprint density at radius 1 is 1.12 bits per heavy atom. The molecule has 0 unspecified atom stereocenters. The maximum absolute atomic E-state index is 12.7. The molecule has 1 amide bonds. The molecular weight excluding hydrogens is 322 g/mol. The molecule has 0 bridgehead atoms. The van der Waals surface area contributed by atoms with E-state index in [9.17, 15) is 4.79 Å². The predicted molar refractivity (Wildman–Crippen MR) is 102 cm³/mol. The zero-order valence-corrected chi connectivity index (χ0v) is 15.1. The van der Waals surface area contributed by atoms with Crippen molar-refractivity contribution in [2.45, 2.75) is 31.1 Å². The van der Waals surface area contributed by atoms with Gasteiger partial charge in [-0.1, -0.05) is 18.2 Å². The molecule has 2 aromatic rings. The van der Waals surface area contributed by atoms with Crippen LogP contribution in [0.15, 0.2) is 48.8 Å². The van der Waals surface area contributed by atoms with Crippen LogP contribution in [0.2, 0.25) is 0 Å². The Morgan fingerprint density at radius 3 is 2.65 bits per heavy atom. The van der Waals surface area contributed by atoms with E-state index >= 15 is 0 Å². The predicted octanol–water partition coefficient (Wildman–Crippen LogP) is 3.49. The summed E-state index contributed by atoms with van der Waals surface area (Å²) in [6, 6.07) is 12.7. The van der Waals surface area contributed by atoms with Crippen LogP contribution >= 0.6 is 0 Å². The molecule has 2 aliphatic heterocycles. The SMILES string of the molecule is O=C(c1cccnc1)N1CCC2(CC1)CN(CC1CC1)c1ccccc12. The smallest absolute Gasteiger partial charge is 0.255 e. The van der Waals surface area contributed by atoms with E-state index in [0.717, 1.165) is 38.4 Å². The molecule has 1 spiro atoms. The van der Waals surface area contributed by atoms with Crippen LogP contribution in [0.5, 0.6) is 0 Å². The van der Waals surface area contributed by atoms with Crippen molar-refractivity contribution in [1.82, 2.24) is 9.88 Å². The quantitative estimate of drug-likeness (QED) is 0.853. The molecule has 2 fully saturated rings. The van der Waals surface area contributed by atoms with Gasteiger partial charge in [-0.3, -0.25) is 9.78 Å². The largest absolute Gasteiger partial charge is 0.370 e. The lowest BCUT2D eigenvalue weighted by Crippen LogP contribution is -2.47. The van der Waals surface area contributed by atoms with Gasteiger partial charge in [0.1, 0.15) is 0 Å². The third-order valence-electron chi connectivity index (χ3n) is 6.40. The van der Waals surface area contributed by atoms with Gasteiger partial charge in [-0.05, 0) is 55.4 Å². The molecule has 1 saturated carbocycles. The van der Waals surface area contributed by atoms with E-state index < -0.39 is 0 Å². The second-order valence-corrected chi connectivity index (χ2v) is 8.16. The molecule has 134 valence electrons. The average Bonchev–Trinajstić information content (AvgIpc) is 3.47. The Bertz CT molecular complexity index is 807. The van der Waals surface area contributed by atoms with Gasteiger partial charge < -0.3 is 9.80 Å². The first-order valence-corrected chi connectivity index (χ1v) is 9.79. The van der Waals surface area contributed by atoms with Crippen LogP contribution in [0, 0.1) is 5.92 Å². The summed E-state index contributed by atoms with van der Waals surface area (Å²) in [4.78, 5) is 21.5. The molecule has 0 radical (unpaired) electrons. The number of fused-ring (bicyclic) bond motifs is 2. The maximum Gasteiger partial charge on any atom is 0.255 e. The van der Waals surface area contributed by atoms with Crippen LogP contribution < -0.4 is 4.90 Å². The summed E-state index contributed by atoms with van der Waals surface area (Å²) in [5.41, 5.74) is 3.86. The molecule has 4 heteroatoms. The van der Waals surface area contributed by atoms with Crippen molar-refractivity contribution >= 4 is 11.6 Å². The molecule has 4 nitrogen and oxygen atoms in total. The molecule has 0 N–H and O–H groups in total. The van der Waals surface area contributed by atoms with Crippen LogP contribution in [-0.4, -0.2) is 42.0 Å². The van der Waals surface area contributed by atoms with Gasteiger partial charge in [0.25, 0.3) is 5.91 Å². The number of aromatic nitrogens is 1. The Kier molecular flexibility index (Phi) is 3.73. The van der Waals surface area contributed by atoms with E-state index in [4.69, 9.17) is 0 Å². The minimum absolute atomic E-state index is 0.120. The normalized spacial score (nSPS) is 21.1. The number of rotatable bonds is 3. The summed E-state index contributed by atoms with van der Waals surface area (Å²) in [5, 5.41) is 0. The van der Waals surface area contributed by atoms with E-state index in [1.54, 1.807) is 12.4 Å². The highest BCUT2D eigenvalue weighted by atomic mass is 16.2. The number of piperidine rings is 1. The van der Waals surface area contributed by atoms with Crippen molar-refractivity contribution in [2.24, 2.45) is 5.92 Å². The first-order valence-electron chi connectivity index (χ1n) is 9.79. The second-order valence-electron chi connectivity index (χ2n) is 8.16. The average molecular weight is 347 g/mol. The fourth-order valence-electron chi connectivity index (χ4n) is 4.75. The summed E-state index contributed by atoms with van der Waals surface area (Å²) in [5.74, 6) is 1.01. The number of likely N-dealkylation sites (tertiary alicyclic amines) is 1. The molecule has 3 heterocycles. The van der Waals surface area contributed by atoms with Crippen molar-refractivity contribution in [3.8, 4) is 0 Å². The third-order valence-corrected chi connectivity index (χ3v) is 6.40. The van der Waals surface area contributed by atoms with Gasteiger partial charge in [0.05, 0.1) is 5.56 Å². The number of para-hydroxylation sites is 1. The van der Waals surface area contributed by atoms with Crippen molar-refractivity contribution < 1.29 is 4.79 Å². The Labute approximate surface area is 154 Å². The van der Waals surface area contributed by atoms with Crippen LogP contribution in [-0.2, 0) is 5.41 Å². The molecule has 26 heavy (non-hydrogen) atoms. The Hall–Kier alpha value is -2.36.